The lowest BCUT2D eigenvalue weighted by atomic mass is 10.1. The number of imidazole rings is 1. The first-order valence-electron chi connectivity index (χ1n) is 15.1. The summed E-state index contributed by atoms with van der Waals surface area (Å²) in [5.74, 6) is 1.92. The van der Waals surface area contributed by atoms with Crippen LogP contribution < -0.4 is 9.64 Å². The van der Waals surface area contributed by atoms with E-state index in [-0.39, 0.29) is 22.9 Å². The summed E-state index contributed by atoms with van der Waals surface area (Å²) < 4.78 is 8.08. The number of hydrogen-bond acceptors (Lipinski definition) is 3. The number of amides is 1. The number of pyridine rings is 1. The minimum absolute atomic E-state index is 0. The highest BCUT2D eigenvalue weighted by molar-refractivity contribution is 8.93. The summed E-state index contributed by atoms with van der Waals surface area (Å²) in [6, 6.07) is 22.5. The van der Waals surface area contributed by atoms with Crippen molar-refractivity contribution in [1.82, 2.24) is 9.38 Å². The number of hydrogen-bond donors (Lipinski definition) is 0. The first-order chi connectivity index (χ1) is 19.6. The minimum Gasteiger partial charge on any atom is -0.494 e. The van der Waals surface area contributed by atoms with Gasteiger partial charge in [0.2, 0.25) is 5.91 Å². The fraction of sp³-hybridized carbons (Fsp3) is 0.429. The van der Waals surface area contributed by atoms with Crippen molar-refractivity contribution in [2.45, 2.75) is 91.0 Å². The Bertz CT molecular complexity index is 1300. The van der Waals surface area contributed by atoms with Crippen molar-refractivity contribution in [2.24, 2.45) is 0 Å². The largest absolute Gasteiger partial charge is 0.494 e. The molecular weight excluding hydrogens is 574 g/mol. The van der Waals surface area contributed by atoms with Crippen LogP contribution in [0.2, 0.25) is 0 Å². The lowest BCUT2D eigenvalue weighted by Gasteiger charge is -2.22. The number of benzene rings is 2. The van der Waals surface area contributed by atoms with Crippen LogP contribution in [0.25, 0.3) is 5.52 Å². The van der Waals surface area contributed by atoms with Crippen molar-refractivity contribution >= 4 is 34.1 Å². The zero-order valence-corrected chi connectivity index (χ0v) is 26.5. The number of unbranched alkanes of at least 4 members (excludes halogenated alkanes) is 9. The first kappa shape index (κ1) is 32.4. The average molecular weight is 621 g/mol. The van der Waals surface area contributed by atoms with E-state index in [2.05, 4.69) is 46.6 Å². The van der Waals surface area contributed by atoms with Crippen LogP contribution in [0.4, 0.5) is 5.69 Å². The maximum atomic E-state index is 12.5. The highest BCUT2D eigenvalue weighted by Crippen LogP contribution is 2.22. The van der Waals surface area contributed by atoms with E-state index >= 15 is 0 Å². The van der Waals surface area contributed by atoms with E-state index < -0.39 is 0 Å². The Morgan fingerprint density at radius 3 is 2.10 bits per heavy atom. The Kier molecular flexibility index (Phi) is 13.9. The van der Waals surface area contributed by atoms with E-state index in [1.165, 1.54) is 57.8 Å². The number of nitrogens with zero attached hydrogens (tertiary/aromatic N) is 3. The van der Waals surface area contributed by atoms with Crippen molar-refractivity contribution in [3.8, 4) is 5.75 Å². The molecule has 0 bridgehead atoms. The van der Waals surface area contributed by atoms with Gasteiger partial charge in [0.25, 0.3) is 0 Å². The fourth-order valence-electron chi connectivity index (χ4n) is 5.14. The molecule has 6 heteroatoms. The highest BCUT2D eigenvalue weighted by atomic mass is 79.9. The van der Waals surface area contributed by atoms with E-state index in [1.807, 2.05) is 53.7 Å². The summed E-state index contributed by atoms with van der Waals surface area (Å²) in [5, 5.41) is 0. The zero-order chi connectivity index (χ0) is 28.0. The lowest BCUT2D eigenvalue weighted by Crippen LogP contribution is -2.27. The Balaban J connectivity index is 0.00000462. The standard InChI is InChI=1S/C35H45N3O2.BrH/c1-3-4-5-6-7-8-9-10-11-14-25-40-34-22-18-31(19-23-34)28-38(29(2)39)32-20-16-30(17-21-32)26-35-36-27-33-15-12-13-24-37(33)35;/h12-13,15-24,27H,3-11,14,25-26,28H2,1-2H3;1H. The molecule has 0 unspecified atom stereocenters. The van der Waals surface area contributed by atoms with Gasteiger partial charge in [-0.25, -0.2) is 4.98 Å². The van der Waals surface area contributed by atoms with Gasteiger partial charge in [0.05, 0.1) is 24.9 Å². The molecule has 5 nitrogen and oxygen atoms in total. The van der Waals surface area contributed by atoms with Crippen LogP contribution in [-0.4, -0.2) is 21.9 Å². The van der Waals surface area contributed by atoms with E-state index in [9.17, 15) is 4.79 Å². The van der Waals surface area contributed by atoms with Crippen LogP contribution >= 0.6 is 17.0 Å². The van der Waals surface area contributed by atoms with Gasteiger partial charge in [-0.05, 0) is 53.9 Å². The maximum Gasteiger partial charge on any atom is 0.224 e. The third-order valence-electron chi connectivity index (χ3n) is 7.54. The minimum atomic E-state index is 0. The molecule has 0 saturated heterocycles. The first-order valence-corrected chi connectivity index (χ1v) is 15.1. The Labute approximate surface area is 256 Å². The predicted octanol–water partition coefficient (Wildman–Crippen LogP) is 9.36. The Morgan fingerprint density at radius 1 is 0.805 bits per heavy atom. The van der Waals surface area contributed by atoms with Gasteiger partial charge in [0, 0.05) is 25.2 Å². The molecular formula is C35H46BrN3O2. The van der Waals surface area contributed by atoms with Crippen LogP contribution in [0.15, 0.2) is 79.1 Å². The van der Waals surface area contributed by atoms with E-state index in [1.54, 1.807) is 6.92 Å². The van der Waals surface area contributed by atoms with Gasteiger partial charge in [0.1, 0.15) is 11.6 Å². The molecule has 0 saturated carbocycles. The van der Waals surface area contributed by atoms with Gasteiger partial charge in [-0.3, -0.25) is 4.79 Å². The van der Waals surface area contributed by atoms with Gasteiger partial charge >= 0.3 is 0 Å². The third-order valence-corrected chi connectivity index (χ3v) is 7.54. The monoisotopic (exact) mass is 619 g/mol. The number of ether oxygens (including phenoxy) is 1. The third kappa shape index (κ3) is 10.3. The molecule has 2 aromatic carbocycles. The Morgan fingerprint density at radius 2 is 1.44 bits per heavy atom. The van der Waals surface area contributed by atoms with Gasteiger partial charge in [-0.1, -0.05) is 95.0 Å². The average Bonchev–Trinajstić information content (AvgIpc) is 3.38. The summed E-state index contributed by atoms with van der Waals surface area (Å²) in [5.41, 5.74) is 4.22. The van der Waals surface area contributed by atoms with E-state index in [0.29, 0.717) is 6.54 Å². The number of fused-ring (bicyclic) bond motifs is 1. The molecule has 4 aromatic rings. The molecule has 0 radical (unpaired) electrons. The lowest BCUT2D eigenvalue weighted by molar-refractivity contribution is -0.116. The second-order valence-electron chi connectivity index (χ2n) is 10.8. The molecule has 0 aliphatic carbocycles. The smallest absolute Gasteiger partial charge is 0.224 e. The molecule has 0 aliphatic heterocycles. The molecule has 0 fully saturated rings. The second-order valence-corrected chi connectivity index (χ2v) is 10.8. The molecule has 2 aromatic heterocycles. The molecule has 0 N–H and O–H groups in total. The highest BCUT2D eigenvalue weighted by Gasteiger charge is 2.13. The van der Waals surface area contributed by atoms with Gasteiger partial charge in [-0.15, -0.1) is 17.0 Å². The van der Waals surface area contributed by atoms with Crippen LogP contribution in [0.5, 0.6) is 5.75 Å². The van der Waals surface area contributed by atoms with Gasteiger partial charge in [0.15, 0.2) is 0 Å². The summed E-state index contributed by atoms with van der Waals surface area (Å²) in [6.45, 7) is 5.18. The summed E-state index contributed by atoms with van der Waals surface area (Å²) in [7, 11) is 0. The number of rotatable bonds is 17. The van der Waals surface area contributed by atoms with Crippen molar-refractivity contribution in [2.75, 3.05) is 11.5 Å². The van der Waals surface area contributed by atoms with Crippen molar-refractivity contribution in [1.29, 1.82) is 0 Å². The molecule has 220 valence electrons. The Hall–Kier alpha value is -3.12. The van der Waals surface area contributed by atoms with Crippen molar-refractivity contribution in [3.05, 3.63) is 96.1 Å². The van der Waals surface area contributed by atoms with Gasteiger partial charge < -0.3 is 14.0 Å². The normalized spacial score (nSPS) is 10.9. The topological polar surface area (TPSA) is 46.8 Å². The maximum absolute atomic E-state index is 12.5. The molecule has 41 heavy (non-hydrogen) atoms. The molecule has 0 aliphatic rings. The number of anilines is 1. The number of carbonyl (C=O) groups excluding carboxylic acids is 1. The van der Waals surface area contributed by atoms with Crippen LogP contribution in [0.3, 0.4) is 0 Å². The fourth-order valence-corrected chi connectivity index (χ4v) is 5.14. The van der Waals surface area contributed by atoms with Crippen LogP contribution in [0.1, 0.15) is 95.0 Å². The number of aromatic nitrogens is 2. The number of carbonyl (C=O) groups is 1. The second kappa shape index (κ2) is 17.6. The van der Waals surface area contributed by atoms with Crippen LogP contribution in [0, 0.1) is 0 Å². The zero-order valence-electron chi connectivity index (χ0n) is 24.8. The van der Waals surface area contributed by atoms with E-state index in [0.717, 1.165) is 53.4 Å². The quantitative estimate of drug-likeness (QED) is 0.111. The SMILES string of the molecule is Br.CCCCCCCCCCCCOc1ccc(CN(C(C)=O)c2ccc(Cc3ncc4ccccn34)cc2)cc1. The predicted molar refractivity (Wildman–Crippen MR) is 175 cm³/mol. The molecule has 1 amide bonds. The molecule has 4 rings (SSSR count). The summed E-state index contributed by atoms with van der Waals surface area (Å²) in [6.07, 6.45) is 17.9. The number of halogens is 1. The molecule has 2 heterocycles. The molecule has 0 atom stereocenters. The summed E-state index contributed by atoms with van der Waals surface area (Å²) in [4.78, 5) is 18.9. The van der Waals surface area contributed by atoms with Crippen molar-refractivity contribution in [3.63, 3.8) is 0 Å². The summed E-state index contributed by atoms with van der Waals surface area (Å²) >= 11 is 0. The van der Waals surface area contributed by atoms with Crippen molar-refractivity contribution < 1.29 is 9.53 Å². The van der Waals surface area contributed by atoms with Gasteiger partial charge in [-0.2, -0.15) is 0 Å². The molecule has 0 spiro atoms. The van der Waals surface area contributed by atoms with E-state index in [4.69, 9.17) is 4.74 Å². The van der Waals surface area contributed by atoms with Crippen LogP contribution in [-0.2, 0) is 17.8 Å².